The molecule has 13 heavy (non-hydrogen) atoms. The summed E-state index contributed by atoms with van der Waals surface area (Å²) in [5.41, 5.74) is 0. The molecule has 0 unspecified atom stereocenters. The minimum absolute atomic E-state index is 0.250. The summed E-state index contributed by atoms with van der Waals surface area (Å²) < 4.78 is 15.2. The summed E-state index contributed by atoms with van der Waals surface area (Å²) in [4.78, 5) is 8.36. The molecular formula is C8H18O5. The standard InChI is InChI=1S/C7H16O3.CH2O2/c1-4-8-7(9-5-2)10-6-3;2-1-3/h7H,4-6H2,1-3H3;1H,(H,2,3). The van der Waals surface area contributed by atoms with Crippen LogP contribution in [0.5, 0.6) is 0 Å². The summed E-state index contributed by atoms with van der Waals surface area (Å²) >= 11 is 0. The molecule has 0 rings (SSSR count). The molecule has 0 saturated carbocycles. The molecule has 0 heterocycles. The van der Waals surface area contributed by atoms with Crippen LogP contribution in [-0.2, 0) is 19.0 Å². The van der Waals surface area contributed by atoms with E-state index in [9.17, 15) is 0 Å². The second-order valence-corrected chi connectivity index (χ2v) is 1.76. The van der Waals surface area contributed by atoms with E-state index in [1.165, 1.54) is 0 Å². The van der Waals surface area contributed by atoms with Crippen LogP contribution in [0, 0.1) is 0 Å². The topological polar surface area (TPSA) is 65.0 Å². The van der Waals surface area contributed by atoms with Crippen LogP contribution < -0.4 is 0 Å². The van der Waals surface area contributed by atoms with E-state index in [0.717, 1.165) is 0 Å². The van der Waals surface area contributed by atoms with Gasteiger partial charge in [-0.3, -0.25) is 4.79 Å². The molecule has 0 aromatic rings. The first-order valence-corrected chi connectivity index (χ1v) is 4.19. The predicted molar refractivity (Wildman–Crippen MR) is 47.4 cm³/mol. The molecule has 0 fully saturated rings. The largest absolute Gasteiger partial charge is 0.483 e. The number of carbonyl (C=O) groups is 1. The molecule has 5 nitrogen and oxygen atoms in total. The molecule has 0 aromatic carbocycles. The molecule has 0 aliphatic heterocycles. The number of ether oxygens (including phenoxy) is 3. The lowest BCUT2D eigenvalue weighted by Gasteiger charge is -2.15. The second-order valence-electron chi connectivity index (χ2n) is 1.76. The van der Waals surface area contributed by atoms with Gasteiger partial charge in [-0.2, -0.15) is 0 Å². The van der Waals surface area contributed by atoms with Gasteiger partial charge in [0.25, 0.3) is 12.9 Å². The molecule has 0 aliphatic carbocycles. The third-order valence-electron chi connectivity index (χ3n) is 0.908. The molecule has 0 bridgehead atoms. The highest BCUT2D eigenvalue weighted by atomic mass is 16.8. The van der Waals surface area contributed by atoms with E-state index in [1.807, 2.05) is 20.8 Å². The van der Waals surface area contributed by atoms with Crippen molar-refractivity contribution in [3.63, 3.8) is 0 Å². The first-order chi connectivity index (χ1) is 6.26. The van der Waals surface area contributed by atoms with Crippen LogP contribution in [0.2, 0.25) is 0 Å². The quantitative estimate of drug-likeness (QED) is 0.506. The van der Waals surface area contributed by atoms with Gasteiger partial charge in [-0.1, -0.05) is 0 Å². The van der Waals surface area contributed by atoms with Crippen molar-refractivity contribution in [2.45, 2.75) is 27.2 Å². The van der Waals surface area contributed by atoms with Crippen LogP contribution in [-0.4, -0.2) is 37.9 Å². The minimum Gasteiger partial charge on any atom is -0.483 e. The van der Waals surface area contributed by atoms with Gasteiger partial charge >= 0.3 is 0 Å². The third kappa shape index (κ3) is 14.2. The fourth-order valence-corrected chi connectivity index (χ4v) is 0.553. The Hall–Kier alpha value is -0.650. The third-order valence-corrected chi connectivity index (χ3v) is 0.908. The molecule has 80 valence electrons. The Bertz CT molecular complexity index is 82.3. The Morgan fingerprint density at radius 2 is 1.31 bits per heavy atom. The lowest BCUT2D eigenvalue weighted by atomic mass is 10.8. The Morgan fingerprint density at radius 1 is 1.08 bits per heavy atom. The molecule has 5 heteroatoms. The predicted octanol–water partition coefficient (Wildman–Crippen LogP) is 1.08. The molecular weight excluding hydrogens is 176 g/mol. The van der Waals surface area contributed by atoms with E-state index in [0.29, 0.717) is 19.8 Å². The number of carboxylic acid groups (broad SMARTS) is 1. The van der Waals surface area contributed by atoms with Crippen LogP contribution in [0.3, 0.4) is 0 Å². The van der Waals surface area contributed by atoms with Gasteiger partial charge in [-0.15, -0.1) is 0 Å². The Labute approximate surface area is 78.6 Å². The van der Waals surface area contributed by atoms with Crippen molar-refractivity contribution in [2.24, 2.45) is 0 Å². The maximum absolute atomic E-state index is 8.36. The zero-order valence-electron chi connectivity index (χ0n) is 8.36. The van der Waals surface area contributed by atoms with Gasteiger partial charge in [0.1, 0.15) is 0 Å². The van der Waals surface area contributed by atoms with Crippen LogP contribution in [0.1, 0.15) is 20.8 Å². The molecule has 0 aliphatic rings. The molecule has 0 amide bonds. The summed E-state index contributed by atoms with van der Waals surface area (Å²) in [6.45, 7) is 6.85. The minimum atomic E-state index is -0.472. The van der Waals surface area contributed by atoms with Gasteiger partial charge in [-0.25, -0.2) is 0 Å². The van der Waals surface area contributed by atoms with E-state index < -0.39 is 6.48 Å². The molecule has 0 aromatic heterocycles. The van der Waals surface area contributed by atoms with Crippen LogP contribution in [0.4, 0.5) is 0 Å². The van der Waals surface area contributed by atoms with E-state index >= 15 is 0 Å². The fraction of sp³-hybridized carbons (Fsp3) is 0.875. The zero-order chi connectivity index (χ0) is 10.5. The Morgan fingerprint density at radius 3 is 1.46 bits per heavy atom. The monoisotopic (exact) mass is 194 g/mol. The molecule has 0 saturated heterocycles. The molecule has 0 atom stereocenters. The lowest BCUT2D eigenvalue weighted by Crippen LogP contribution is -2.20. The first-order valence-electron chi connectivity index (χ1n) is 4.19. The van der Waals surface area contributed by atoms with E-state index in [2.05, 4.69) is 0 Å². The molecule has 1 N–H and O–H groups in total. The van der Waals surface area contributed by atoms with Gasteiger partial charge in [0.15, 0.2) is 0 Å². The number of hydrogen-bond donors (Lipinski definition) is 1. The molecule has 0 spiro atoms. The van der Waals surface area contributed by atoms with Crippen molar-refractivity contribution in [2.75, 3.05) is 19.8 Å². The summed E-state index contributed by atoms with van der Waals surface area (Å²) in [6, 6.07) is 0. The lowest BCUT2D eigenvalue weighted by molar-refractivity contribution is -0.282. The van der Waals surface area contributed by atoms with E-state index in [1.54, 1.807) is 0 Å². The highest BCUT2D eigenvalue weighted by Gasteiger charge is 2.04. The Kier molecular flexibility index (Phi) is 15.9. The average molecular weight is 194 g/mol. The Balaban J connectivity index is 0. The van der Waals surface area contributed by atoms with E-state index in [4.69, 9.17) is 24.1 Å². The van der Waals surface area contributed by atoms with Crippen molar-refractivity contribution in [1.29, 1.82) is 0 Å². The fourth-order valence-electron chi connectivity index (χ4n) is 0.553. The maximum Gasteiger partial charge on any atom is 0.290 e. The number of hydrogen-bond acceptors (Lipinski definition) is 4. The smallest absolute Gasteiger partial charge is 0.290 e. The van der Waals surface area contributed by atoms with Gasteiger partial charge < -0.3 is 19.3 Å². The van der Waals surface area contributed by atoms with Gasteiger partial charge in [0.2, 0.25) is 0 Å². The SMILES string of the molecule is CCOC(OCC)OCC.O=CO. The highest BCUT2D eigenvalue weighted by Crippen LogP contribution is 1.95. The second kappa shape index (κ2) is 13.9. The normalized spacial score (nSPS) is 9.23. The van der Waals surface area contributed by atoms with Gasteiger partial charge in [0, 0.05) is 19.8 Å². The summed E-state index contributed by atoms with van der Waals surface area (Å²) in [7, 11) is 0. The van der Waals surface area contributed by atoms with E-state index in [-0.39, 0.29) is 6.47 Å². The summed E-state index contributed by atoms with van der Waals surface area (Å²) in [5, 5.41) is 6.89. The summed E-state index contributed by atoms with van der Waals surface area (Å²) in [6.07, 6.45) is 0. The van der Waals surface area contributed by atoms with Crippen LogP contribution in [0.25, 0.3) is 0 Å². The van der Waals surface area contributed by atoms with Gasteiger partial charge in [0.05, 0.1) is 0 Å². The molecule has 0 radical (unpaired) electrons. The van der Waals surface area contributed by atoms with Crippen molar-refractivity contribution >= 4 is 6.47 Å². The summed E-state index contributed by atoms with van der Waals surface area (Å²) in [5.74, 6) is 0. The average Bonchev–Trinajstić information content (AvgIpc) is 2.07. The van der Waals surface area contributed by atoms with Crippen molar-refractivity contribution in [3.05, 3.63) is 0 Å². The number of rotatable bonds is 6. The zero-order valence-corrected chi connectivity index (χ0v) is 8.36. The van der Waals surface area contributed by atoms with Gasteiger partial charge in [-0.05, 0) is 20.8 Å². The van der Waals surface area contributed by atoms with Crippen molar-refractivity contribution < 1.29 is 24.1 Å². The first kappa shape index (κ1) is 14.9. The highest BCUT2D eigenvalue weighted by molar-refractivity contribution is 5.32. The van der Waals surface area contributed by atoms with Crippen molar-refractivity contribution in [1.82, 2.24) is 0 Å². The maximum atomic E-state index is 8.36. The van der Waals surface area contributed by atoms with Crippen molar-refractivity contribution in [3.8, 4) is 0 Å². The van der Waals surface area contributed by atoms with Crippen LogP contribution in [0.15, 0.2) is 0 Å². The van der Waals surface area contributed by atoms with Crippen LogP contribution >= 0.6 is 0 Å².